The second-order valence-electron chi connectivity index (χ2n) is 5.41. The van der Waals surface area contributed by atoms with E-state index < -0.39 is 11.5 Å². The summed E-state index contributed by atoms with van der Waals surface area (Å²) in [5.41, 5.74) is -0.208. The highest BCUT2D eigenvalue weighted by Gasteiger charge is 2.45. The normalized spacial score (nSPS) is 29.8. The van der Waals surface area contributed by atoms with Crippen LogP contribution in [-0.2, 0) is 9.53 Å². The summed E-state index contributed by atoms with van der Waals surface area (Å²) in [6.45, 7) is 3.81. The van der Waals surface area contributed by atoms with Crippen LogP contribution < -0.4 is 10.1 Å². The molecule has 0 radical (unpaired) electrons. The van der Waals surface area contributed by atoms with Gasteiger partial charge in [0.2, 0.25) is 0 Å². The van der Waals surface area contributed by atoms with Crippen LogP contribution in [0.4, 0.5) is 5.69 Å². The molecule has 0 amide bonds. The Balaban J connectivity index is 2.22. The standard InChI is InChI=1S/C15H21NO4/c1-10-8-15(14(17)18,9-11(2)20-10)16-12-4-6-13(19-3)7-5-12/h4-7,10-11,16H,8-9H2,1-3H3,(H,17,18). The molecule has 2 N–H and O–H groups in total. The van der Waals surface area contributed by atoms with E-state index in [2.05, 4.69) is 5.32 Å². The minimum Gasteiger partial charge on any atom is -0.497 e. The van der Waals surface area contributed by atoms with Crippen molar-refractivity contribution in [2.24, 2.45) is 0 Å². The first kappa shape index (κ1) is 14.7. The van der Waals surface area contributed by atoms with E-state index in [1.807, 2.05) is 38.1 Å². The molecule has 2 rings (SSSR count). The molecule has 1 aromatic carbocycles. The molecule has 1 aliphatic heterocycles. The summed E-state index contributed by atoms with van der Waals surface area (Å²) in [5.74, 6) is -0.0936. The number of hydrogen-bond acceptors (Lipinski definition) is 4. The smallest absolute Gasteiger partial charge is 0.329 e. The molecule has 0 spiro atoms. The van der Waals surface area contributed by atoms with E-state index in [-0.39, 0.29) is 12.2 Å². The van der Waals surface area contributed by atoms with Crippen molar-refractivity contribution in [2.45, 2.75) is 44.4 Å². The first-order valence-electron chi connectivity index (χ1n) is 6.76. The molecule has 5 nitrogen and oxygen atoms in total. The summed E-state index contributed by atoms with van der Waals surface area (Å²) < 4.78 is 10.7. The molecule has 1 fully saturated rings. The Bertz CT molecular complexity index is 461. The summed E-state index contributed by atoms with van der Waals surface area (Å²) in [5, 5.41) is 12.8. The molecule has 110 valence electrons. The van der Waals surface area contributed by atoms with E-state index in [0.717, 1.165) is 11.4 Å². The van der Waals surface area contributed by atoms with Gasteiger partial charge >= 0.3 is 5.97 Å². The highest BCUT2D eigenvalue weighted by molar-refractivity contribution is 5.83. The third kappa shape index (κ3) is 3.04. The van der Waals surface area contributed by atoms with Crippen LogP contribution in [-0.4, -0.2) is 35.9 Å². The van der Waals surface area contributed by atoms with Crippen molar-refractivity contribution in [1.82, 2.24) is 0 Å². The largest absolute Gasteiger partial charge is 0.497 e. The maximum Gasteiger partial charge on any atom is 0.329 e. The number of benzene rings is 1. The molecular formula is C15H21NO4. The Morgan fingerprint density at radius 2 is 1.85 bits per heavy atom. The number of carbonyl (C=O) groups is 1. The van der Waals surface area contributed by atoms with Crippen molar-refractivity contribution >= 4 is 11.7 Å². The van der Waals surface area contributed by atoms with Crippen LogP contribution >= 0.6 is 0 Å². The van der Waals surface area contributed by atoms with Gasteiger partial charge in [-0.05, 0) is 38.1 Å². The van der Waals surface area contributed by atoms with Crippen molar-refractivity contribution in [3.63, 3.8) is 0 Å². The zero-order valence-electron chi connectivity index (χ0n) is 12.1. The number of rotatable bonds is 4. The number of carboxylic acids is 1. The average molecular weight is 279 g/mol. The number of nitrogens with one attached hydrogen (secondary N) is 1. The Hall–Kier alpha value is -1.75. The van der Waals surface area contributed by atoms with Gasteiger partial charge in [0.15, 0.2) is 0 Å². The number of hydrogen-bond donors (Lipinski definition) is 2. The van der Waals surface area contributed by atoms with E-state index in [1.165, 1.54) is 0 Å². The van der Waals surface area contributed by atoms with Crippen molar-refractivity contribution in [3.05, 3.63) is 24.3 Å². The first-order chi connectivity index (χ1) is 9.45. The lowest BCUT2D eigenvalue weighted by molar-refractivity contribution is -0.151. The Morgan fingerprint density at radius 1 is 1.30 bits per heavy atom. The zero-order chi connectivity index (χ0) is 14.8. The third-order valence-electron chi connectivity index (χ3n) is 3.62. The molecule has 1 aliphatic rings. The molecule has 5 heteroatoms. The van der Waals surface area contributed by atoms with E-state index in [0.29, 0.717) is 12.8 Å². The molecule has 0 saturated carbocycles. The fraction of sp³-hybridized carbons (Fsp3) is 0.533. The number of aliphatic carboxylic acids is 1. The molecule has 2 atom stereocenters. The number of methoxy groups -OCH3 is 1. The molecule has 1 heterocycles. The van der Waals surface area contributed by atoms with Gasteiger partial charge in [-0.1, -0.05) is 0 Å². The van der Waals surface area contributed by atoms with Crippen molar-refractivity contribution < 1.29 is 19.4 Å². The predicted molar refractivity (Wildman–Crippen MR) is 76.2 cm³/mol. The van der Waals surface area contributed by atoms with Gasteiger partial charge in [0, 0.05) is 18.5 Å². The maximum absolute atomic E-state index is 11.8. The number of anilines is 1. The lowest BCUT2D eigenvalue weighted by Crippen LogP contribution is -2.54. The summed E-state index contributed by atoms with van der Waals surface area (Å²) in [6.07, 6.45) is 0.721. The molecule has 2 unspecified atom stereocenters. The quantitative estimate of drug-likeness (QED) is 0.886. The van der Waals surface area contributed by atoms with Crippen LogP contribution in [0.3, 0.4) is 0 Å². The molecule has 0 bridgehead atoms. The average Bonchev–Trinajstić information content (AvgIpc) is 2.38. The van der Waals surface area contributed by atoms with Crippen LogP contribution in [0.2, 0.25) is 0 Å². The summed E-state index contributed by atoms with van der Waals surface area (Å²) >= 11 is 0. The Labute approximate surface area is 118 Å². The minimum atomic E-state index is -0.980. The topological polar surface area (TPSA) is 67.8 Å². The molecular weight excluding hydrogens is 258 g/mol. The highest BCUT2D eigenvalue weighted by atomic mass is 16.5. The summed E-state index contributed by atoms with van der Waals surface area (Å²) in [4.78, 5) is 11.8. The molecule has 0 aromatic heterocycles. The Kier molecular flexibility index (Phi) is 4.18. The van der Waals surface area contributed by atoms with Gasteiger partial charge in [-0.2, -0.15) is 0 Å². The monoisotopic (exact) mass is 279 g/mol. The SMILES string of the molecule is COc1ccc(NC2(C(=O)O)CC(C)OC(C)C2)cc1. The van der Waals surface area contributed by atoms with Crippen LogP contribution in [0.15, 0.2) is 24.3 Å². The van der Waals surface area contributed by atoms with Crippen molar-refractivity contribution in [2.75, 3.05) is 12.4 Å². The lowest BCUT2D eigenvalue weighted by Gasteiger charge is -2.40. The second-order valence-corrected chi connectivity index (χ2v) is 5.41. The number of carboxylic acid groups (broad SMARTS) is 1. The van der Waals surface area contributed by atoms with Gasteiger partial charge < -0.3 is 19.9 Å². The van der Waals surface area contributed by atoms with E-state index in [1.54, 1.807) is 7.11 Å². The van der Waals surface area contributed by atoms with Gasteiger partial charge in [-0.15, -0.1) is 0 Å². The highest BCUT2D eigenvalue weighted by Crippen LogP contribution is 2.33. The van der Waals surface area contributed by atoms with E-state index in [4.69, 9.17) is 9.47 Å². The van der Waals surface area contributed by atoms with Gasteiger partial charge in [0.05, 0.1) is 19.3 Å². The van der Waals surface area contributed by atoms with Gasteiger partial charge in [-0.25, -0.2) is 4.79 Å². The third-order valence-corrected chi connectivity index (χ3v) is 3.62. The van der Waals surface area contributed by atoms with Crippen molar-refractivity contribution in [1.29, 1.82) is 0 Å². The molecule has 1 aromatic rings. The van der Waals surface area contributed by atoms with Gasteiger partial charge in [0.25, 0.3) is 0 Å². The fourth-order valence-electron chi connectivity index (χ4n) is 2.84. The predicted octanol–water partition coefficient (Wildman–Crippen LogP) is 2.52. The zero-order valence-corrected chi connectivity index (χ0v) is 12.1. The maximum atomic E-state index is 11.8. The van der Waals surface area contributed by atoms with E-state index >= 15 is 0 Å². The fourth-order valence-corrected chi connectivity index (χ4v) is 2.84. The van der Waals surface area contributed by atoms with Crippen LogP contribution in [0.5, 0.6) is 5.75 Å². The minimum absolute atomic E-state index is 0.0828. The molecule has 20 heavy (non-hydrogen) atoms. The van der Waals surface area contributed by atoms with Crippen LogP contribution in [0.1, 0.15) is 26.7 Å². The van der Waals surface area contributed by atoms with Crippen LogP contribution in [0, 0.1) is 0 Å². The Morgan fingerprint density at radius 3 is 2.30 bits per heavy atom. The van der Waals surface area contributed by atoms with Gasteiger partial charge in [0.1, 0.15) is 11.3 Å². The first-order valence-corrected chi connectivity index (χ1v) is 6.76. The van der Waals surface area contributed by atoms with E-state index in [9.17, 15) is 9.90 Å². The van der Waals surface area contributed by atoms with Crippen molar-refractivity contribution in [3.8, 4) is 5.75 Å². The van der Waals surface area contributed by atoms with Gasteiger partial charge in [-0.3, -0.25) is 0 Å². The summed E-state index contributed by atoms with van der Waals surface area (Å²) in [6, 6.07) is 7.27. The molecule has 0 aliphatic carbocycles. The molecule has 1 saturated heterocycles. The number of ether oxygens (including phenoxy) is 2. The lowest BCUT2D eigenvalue weighted by atomic mass is 9.84. The summed E-state index contributed by atoms with van der Waals surface area (Å²) in [7, 11) is 1.60. The van der Waals surface area contributed by atoms with Crippen LogP contribution in [0.25, 0.3) is 0 Å². The second kappa shape index (κ2) is 5.71.